The van der Waals surface area contributed by atoms with E-state index in [2.05, 4.69) is 48.0 Å². The average molecular weight is 296 g/mol. The Labute approximate surface area is 127 Å². The first-order valence-corrected chi connectivity index (χ1v) is 7.97. The van der Waals surface area contributed by atoms with Gasteiger partial charge in [-0.3, -0.25) is 4.90 Å². The van der Waals surface area contributed by atoms with Gasteiger partial charge in [0.2, 0.25) is 0 Å². The molecule has 20 heavy (non-hydrogen) atoms. The predicted molar refractivity (Wildman–Crippen MR) is 87.8 cm³/mol. The van der Waals surface area contributed by atoms with Gasteiger partial charge in [-0.15, -0.1) is 0 Å². The number of rotatable bonds is 5. The molecular formula is C16H26ClN3. The second-order valence-electron chi connectivity index (χ2n) is 5.67. The quantitative estimate of drug-likeness (QED) is 0.901. The summed E-state index contributed by atoms with van der Waals surface area (Å²) in [6.07, 6.45) is 0. The van der Waals surface area contributed by atoms with E-state index in [0.29, 0.717) is 6.04 Å². The number of benzene rings is 1. The van der Waals surface area contributed by atoms with Crippen molar-refractivity contribution in [3.8, 4) is 0 Å². The summed E-state index contributed by atoms with van der Waals surface area (Å²) in [4.78, 5) is 5.03. The predicted octanol–water partition coefficient (Wildman–Crippen LogP) is 2.98. The Hall–Kier alpha value is -0.770. The normalized spacial score (nSPS) is 16.9. The highest BCUT2D eigenvalue weighted by atomic mass is 35.5. The zero-order chi connectivity index (χ0) is 14.5. The molecular weight excluding hydrogens is 270 g/mol. The van der Waals surface area contributed by atoms with Crippen LogP contribution in [0, 0.1) is 0 Å². The molecule has 0 bridgehead atoms. The molecule has 0 aliphatic carbocycles. The maximum atomic E-state index is 6.14. The fourth-order valence-corrected chi connectivity index (χ4v) is 2.94. The van der Waals surface area contributed by atoms with Gasteiger partial charge in [0, 0.05) is 49.5 Å². The topological polar surface area (TPSA) is 18.5 Å². The molecule has 4 heteroatoms. The second-order valence-corrected chi connectivity index (χ2v) is 6.11. The lowest BCUT2D eigenvalue weighted by Crippen LogP contribution is -2.49. The molecule has 1 N–H and O–H groups in total. The molecule has 0 spiro atoms. The zero-order valence-electron chi connectivity index (χ0n) is 12.8. The van der Waals surface area contributed by atoms with Crippen LogP contribution in [0.2, 0.25) is 5.02 Å². The van der Waals surface area contributed by atoms with E-state index < -0.39 is 0 Å². The van der Waals surface area contributed by atoms with Crippen molar-refractivity contribution in [2.75, 3.05) is 37.6 Å². The molecule has 0 aromatic heterocycles. The Morgan fingerprint density at radius 3 is 2.50 bits per heavy atom. The SMILES string of the molecule is CCNCc1cc(Cl)ccc1N1CCN(C(C)C)CC1. The Balaban J connectivity index is 2.08. The molecule has 0 saturated carbocycles. The van der Waals surface area contributed by atoms with E-state index in [1.807, 2.05) is 6.07 Å². The zero-order valence-corrected chi connectivity index (χ0v) is 13.6. The molecule has 1 fully saturated rings. The van der Waals surface area contributed by atoms with E-state index in [-0.39, 0.29) is 0 Å². The highest BCUT2D eigenvalue weighted by Gasteiger charge is 2.20. The summed E-state index contributed by atoms with van der Waals surface area (Å²) in [6.45, 7) is 13.0. The molecule has 1 aromatic rings. The number of anilines is 1. The van der Waals surface area contributed by atoms with Crippen LogP contribution in [0.4, 0.5) is 5.69 Å². The molecule has 1 saturated heterocycles. The van der Waals surface area contributed by atoms with Crippen LogP contribution >= 0.6 is 11.6 Å². The van der Waals surface area contributed by atoms with Crippen LogP contribution in [0.15, 0.2) is 18.2 Å². The molecule has 0 atom stereocenters. The van der Waals surface area contributed by atoms with Gasteiger partial charge in [0.15, 0.2) is 0 Å². The van der Waals surface area contributed by atoms with Crippen LogP contribution in [0.1, 0.15) is 26.3 Å². The largest absolute Gasteiger partial charge is 0.369 e. The number of nitrogens with zero attached hydrogens (tertiary/aromatic N) is 2. The molecule has 1 heterocycles. The third-order valence-corrected chi connectivity index (χ3v) is 4.23. The van der Waals surface area contributed by atoms with Crippen LogP contribution in [-0.2, 0) is 6.54 Å². The van der Waals surface area contributed by atoms with E-state index in [4.69, 9.17) is 11.6 Å². The maximum absolute atomic E-state index is 6.14. The van der Waals surface area contributed by atoms with Gasteiger partial charge >= 0.3 is 0 Å². The van der Waals surface area contributed by atoms with Gasteiger partial charge < -0.3 is 10.2 Å². The summed E-state index contributed by atoms with van der Waals surface area (Å²) in [5.41, 5.74) is 2.64. The van der Waals surface area contributed by atoms with E-state index >= 15 is 0 Å². The lowest BCUT2D eigenvalue weighted by atomic mass is 10.1. The molecule has 1 aliphatic rings. The van der Waals surface area contributed by atoms with Gasteiger partial charge in [0.05, 0.1) is 0 Å². The minimum Gasteiger partial charge on any atom is -0.369 e. The third-order valence-electron chi connectivity index (χ3n) is 3.99. The summed E-state index contributed by atoms with van der Waals surface area (Å²) in [6, 6.07) is 6.90. The first kappa shape index (κ1) is 15.6. The molecule has 2 rings (SSSR count). The summed E-state index contributed by atoms with van der Waals surface area (Å²) >= 11 is 6.14. The van der Waals surface area contributed by atoms with Gasteiger partial charge in [0.25, 0.3) is 0 Å². The maximum Gasteiger partial charge on any atom is 0.0413 e. The molecule has 112 valence electrons. The number of piperazine rings is 1. The Morgan fingerprint density at radius 2 is 1.90 bits per heavy atom. The van der Waals surface area contributed by atoms with Crippen molar-refractivity contribution in [3.63, 3.8) is 0 Å². The van der Waals surface area contributed by atoms with Crippen molar-refractivity contribution in [2.45, 2.75) is 33.4 Å². The molecule has 3 nitrogen and oxygen atoms in total. The van der Waals surface area contributed by atoms with Gasteiger partial charge in [-0.1, -0.05) is 18.5 Å². The van der Waals surface area contributed by atoms with Crippen molar-refractivity contribution >= 4 is 17.3 Å². The van der Waals surface area contributed by atoms with Crippen molar-refractivity contribution < 1.29 is 0 Å². The smallest absolute Gasteiger partial charge is 0.0413 e. The van der Waals surface area contributed by atoms with Crippen LogP contribution < -0.4 is 10.2 Å². The summed E-state index contributed by atoms with van der Waals surface area (Å²) in [7, 11) is 0. The summed E-state index contributed by atoms with van der Waals surface area (Å²) in [5, 5.41) is 4.22. The number of hydrogen-bond acceptors (Lipinski definition) is 3. The van der Waals surface area contributed by atoms with E-state index in [9.17, 15) is 0 Å². The lowest BCUT2D eigenvalue weighted by Gasteiger charge is -2.39. The Kier molecular flexibility index (Phi) is 5.70. The van der Waals surface area contributed by atoms with Crippen LogP contribution in [0.5, 0.6) is 0 Å². The molecule has 1 aliphatic heterocycles. The van der Waals surface area contributed by atoms with Gasteiger partial charge in [-0.25, -0.2) is 0 Å². The number of nitrogens with one attached hydrogen (secondary N) is 1. The lowest BCUT2D eigenvalue weighted by molar-refractivity contribution is 0.209. The first-order valence-electron chi connectivity index (χ1n) is 7.60. The van der Waals surface area contributed by atoms with E-state index in [0.717, 1.165) is 44.3 Å². The van der Waals surface area contributed by atoms with Crippen LogP contribution in [0.25, 0.3) is 0 Å². The molecule has 0 radical (unpaired) electrons. The van der Waals surface area contributed by atoms with Crippen LogP contribution in [-0.4, -0.2) is 43.7 Å². The number of halogens is 1. The van der Waals surface area contributed by atoms with Crippen molar-refractivity contribution in [1.82, 2.24) is 10.2 Å². The average Bonchev–Trinajstić information content (AvgIpc) is 2.45. The minimum atomic E-state index is 0.642. The highest BCUT2D eigenvalue weighted by molar-refractivity contribution is 6.30. The van der Waals surface area contributed by atoms with Gasteiger partial charge in [0.1, 0.15) is 0 Å². The fraction of sp³-hybridized carbons (Fsp3) is 0.625. The van der Waals surface area contributed by atoms with Crippen molar-refractivity contribution in [1.29, 1.82) is 0 Å². The second kappa shape index (κ2) is 7.30. The van der Waals surface area contributed by atoms with E-state index in [1.54, 1.807) is 0 Å². The number of hydrogen-bond donors (Lipinski definition) is 1. The standard InChI is InChI=1S/C16H26ClN3/c1-4-18-12-14-11-15(17)5-6-16(14)20-9-7-19(8-10-20)13(2)3/h5-6,11,13,18H,4,7-10,12H2,1-3H3. The third kappa shape index (κ3) is 3.87. The monoisotopic (exact) mass is 295 g/mol. The molecule has 0 amide bonds. The molecule has 1 aromatic carbocycles. The highest BCUT2D eigenvalue weighted by Crippen LogP contribution is 2.25. The minimum absolute atomic E-state index is 0.642. The van der Waals surface area contributed by atoms with Gasteiger partial charge in [-0.05, 0) is 44.2 Å². The Morgan fingerprint density at radius 1 is 1.20 bits per heavy atom. The fourth-order valence-electron chi connectivity index (χ4n) is 2.74. The van der Waals surface area contributed by atoms with Crippen molar-refractivity contribution in [3.05, 3.63) is 28.8 Å². The summed E-state index contributed by atoms with van der Waals surface area (Å²) in [5.74, 6) is 0. The van der Waals surface area contributed by atoms with E-state index in [1.165, 1.54) is 11.3 Å². The summed E-state index contributed by atoms with van der Waals surface area (Å²) < 4.78 is 0. The first-order chi connectivity index (χ1) is 9.61. The van der Waals surface area contributed by atoms with Gasteiger partial charge in [-0.2, -0.15) is 0 Å². The van der Waals surface area contributed by atoms with Crippen molar-refractivity contribution in [2.24, 2.45) is 0 Å². The van der Waals surface area contributed by atoms with Crippen LogP contribution in [0.3, 0.4) is 0 Å². The molecule has 0 unspecified atom stereocenters. The Bertz CT molecular complexity index is 426.